The Hall–Kier alpha value is -14.5. The van der Waals surface area contributed by atoms with Crippen LogP contribution in [-0.2, 0) is 11.0 Å². The van der Waals surface area contributed by atoms with Crippen LogP contribution in [0.2, 0.25) is 0 Å². The zero-order valence-corrected chi connectivity index (χ0v) is 61.6. The number of hydrogen-bond acceptors (Lipinski definition) is 2. The van der Waals surface area contributed by atoms with Crippen LogP contribution in [0.15, 0.2) is 164 Å². The second kappa shape index (κ2) is 13.1. The number of anilines is 1. The van der Waals surface area contributed by atoms with Crippen LogP contribution in [-0.4, -0.2) is 10.9 Å². The van der Waals surface area contributed by atoms with Gasteiger partial charge in [0.05, 0.1) is 17.1 Å². The van der Waals surface area contributed by atoms with E-state index in [4.69, 9.17) is 0 Å². The van der Waals surface area contributed by atoms with Crippen molar-refractivity contribution >= 4 is 356 Å². The Balaban J connectivity index is 0.998. The van der Waals surface area contributed by atoms with E-state index in [0.717, 1.165) is 16.8 Å². The highest BCUT2D eigenvalue weighted by Crippen LogP contribution is 2.88. The van der Waals surface area contributed by atoms with Crippen LogP contribution in [0.5, 0.6) is 0 Å². The number of carbonyl (C=O) groups excluding carboxylic acids is 1. The Bertz CT molecular complexity index is 12000. The topological polar surface area (TPSA) is 23.6 Å². The zero-order valence-electron chi connectivity index (χ0n) is 61.6. The molecular weight excluding hydrogens is 1410 g/mol. The summed E-state index contributed by atoms with van der Waals surface area (Å²) in [6, 6.07) is 68.4. The minimum Gasteiger partial charge on any atom is -0.273 e. The van der Waals surface area contributed by atoms with Crippen LogP contribution >= 0.6 is 0 Å². The maximum atomic E-state index is 19.0. The summed E-state index contributed by atoms with van der Waals surface area (Å²) in [6.45, 7) is 5.18. The Morgan fingerprint density at radius 3 is 0.949 bits per heavy atom. The van der Waals surface area contributed by atoms with Gasteiger partial charge in [-0.2, -0.15) is 0 Å². The van der Waals surface area contributed by atoms with Gasteiger partial charge in [0.1, 0.15) is 5.54 Å². The first-order chi connectivity index (χ1) is 58.0. The maximum absolute atomic E-state index is 19.0. The van der Waals surface area contributed by atoms with E-state index in [-0.39, 0.29) is 23.8 Å². The molecule has 5 unspecified atom stereocenters. The summed E-state index contributed by atoms with van der Waals surface area (Å²) in [6.07, 6.45) is 0. The van der Waals surface area contributed by atoms with Crippen molar-refractivity contribution in [3.05, 3.63) is 240 Å². The number of benzene rings is 35. The molecular formula is C114H36N2O. The molecule has 0 N–H and O–H groups in total. The van der Waals surface area contributed by atoms with Gasteiger partial charge >= 0.3 is 0 Å². The third-order valence-electron chi connectivity index (χ3n) is 37.8. The quantitative estimate of drug-likeness (QED) is 0.121. The predicted octanol–water partition coefficient (Wildman–Crippen LogP) is 29.2. The lowest BCUT2D eigenvalue weighted by molar-refractivity contribution is 0.0272. The molecule has 1 fully saturated rings. The van der Waals surface area contributed by atoms with Gasteiger partial charge in [0.2, 0.25) is 0 Å². The van der Waals surface area contributed by atoms with E-state index in [1.807, 2.05) is 0 Å². The summed E-state index contributed by atoms with van der Waals surface area (Å²) < 4.78 is 0. The fourth-order valence-corrected chi connectivity index (χ4v) is 35.9. The van der Waals surface area contributed by atoms with Gasteiger partial charge in [0.15, 0.2) is 0 Å². The molecule has 8 aliphatic rings. The smallest absolute Gasteiger partial charge is 0.273 e. The van der Waals surface area contributed by atoms with Gasteiger partial charge in [-0.15, -0.1) is 0 Å². The highest BCUT2D eigenvalue weighted by Gasteiger charge is 2.84. The van der Waals surface area contributed by atoms with E-state index >= 15 is 4.79 Å². The number of fused-ring (bicyclic) bond motifs is 11. The number of amides is 1. The molecule has 0 saturated carbocycles. The molecule has 6 aliphatic carbocycles. The van der Waals surface area contributed by atoms with Gasteiger partial charge in [-0.1, -0.05) is 146 Å². The van der Waals surface area contributed by atoms with Gasteiger partial charge in [-0.3, -0.25) is 9.80 Å². The highest BCUT2D eigenvalue weighted by atomic mass is 16.2. The van der Waals surface area contributed by atoms with Crippen molar-refractivity contribution in [2.24, 2.45) is 0 Å². The minimum absolute atomic E-state index is 0.124. The molecule has 5 atom stereocenters. The van der Waals surface area contributed by atoms with Gasteiger partial charge in [0.25, 0.3) is 5.91 Å². The normalized spacial score (nSPS) is 21.0. The van der Waals surface area contributed by atoms with E-state index in [9.17, 15) is 0 Å². The largest absolute Gasteiger partial charge is 0.273 e. The fraction of sp³-hybridized carbons (Fsp3) is 0.0614. The number of hydrogen-bond donors (Lipinski definition) is 0. The molecule has 2 spiro atoms. The first-order valence-electron chi connectivity index (χ1n) is 42.8. The zero-order chi connectivity index (χ0) is 72.2. The van der Waals surface area contributed by atoms with Crippen LogP contribution in [0.4, 0.5) is 5.69 Å². The molecule has 508 valence electrons. The minimum atomic E-state index is -1.14. The van der Waals surface area contributed by atoms with Crippen molar-refractivity contribution in [1.29, 1.82) is 0 Å². The molecule has 3 heteroatoms. The van der Waals surface area contributed by atoms with Crippen molar-refractivity contribution in [3.8, 4) is 0 Å². The third-order valence-corrected chi connectivity index (χ3v) is 37.8. The fourth-order valence-electron chi connectivity index (χ4n) is 35.9. The lowest BCUT2D eigenvalue weighted by Crippen LogP contribution is -2.66. The van der Waals surface area contributed by atoms with Crippen LogP contribution in [0.25, 0.3) is 345 Å². The third kappa shape index (κ3) is 3.46. The Morgan fingerprint density at radius 1 is 0.231 bits per heavy atom. The van der Waals surface area contributed by atoms with Crippen LogP contribution in [0.3, 0.4) is 0 Å². The van der Waals surface area contributed by atoms with Crippen molar-refractivity contribution in [3.63, 3.8) is 0 Å². The average Bonchev–Trinajstić information content (AvgIpc) is 1.52. The first-order valence-corrected chi connectivity index (χ1v) is 42.8. The summed E-state index contributed by atoms with van der Waals surface area (Å²) >= 11 is 0. The molecule has 2 bridgehead atoms. The van der Waals surface area contributed by atoms with E-state index in [0.29, 0.717) is 0 Å². The number of carbonyl (C=O) groups is 1. The molecule has 3 nitrogen and oxygen atoms in total. The SMILES string of the molecule is Cc1c2ccc3c4ccc5c6ccc7c8ccc9c(C)c%10c1c1c%11c%12c%13c%14c%15c%16ccc%17c%18ccc%19c%20ccc%21c%22ccc%23c%24c%25c%26c%27c(c1c2c3c%27c1c4c5c2c3c6c7c4c5c8c9c(c%10%12)c6c%13c(c%15%17)c7c%18c%19c8c9c%20c%21c%10c(c%24%22)c%26c1c2c%10c9c3c4c8c7c56)C12C%25c3c(c=%16ccc3=%23)C%14C%111N1C(=O)c3ccccc3C2N1c1ccccc1. The Morgan fingerprint density at radius 2 is 0.513 bits per heavy atom. The van der Waals surface area contributed by atoms with Gasteiger partial charge in [-0.05, 0) is 448 Å². The standard InChI is InChI=1S/C114H36N2O/c1-30-33-12-14-35-37-16-18-41-42-19-17-38-36-15-13-34-31(2)54-53(30)73-74-55(33)57(35)75-76-59(37)60(41)79-80-65(42)66(38)85-86-58(36)56(34)104-101(54)110-106(73)100-98-84-68-46-25-27-48-50-29-28-49-47-26-24-45-43-22-20-39-40-21-23-44(46)64-62(40)77-78-61(39)63(43)81-83-67(45)69(47)102-99(97(83)96(85)95(80)94(81)92(78)90(79)89(76)91(77)93(82(64)84)88(75)87(74)98)105(86)108(104)113-107(102)71(49)72(50)109(103(100)70(48)68)114(110,113)116-112(117)52-11-7-6-10-51(52)111(113)115(116)32-8-4-3-5-9-32/h3-29,107,109,111H,1-2H3. The molecule has 1 amide bonds. The summed E-state index contributed by atoms with van der Waals surface area (Å²) in [7, 11) is 0. The Labute approximate surface area is 649 Å². The lowest BCUT2D eigenvalue weighted by Gasteiger charge is -2.65. The molecule has 0 aromatic heterocycles. The average molecular weight is 1450 g/mol. The summed E-state index contributed by atoms with van der Waals surface area (Å²) in [5.41, 5.74) is 12.7. The number of aryl methyl sites for hydroxylation is 2. The molecule has 0 radical (unpaired) electrons. The predicted molar refractivity (Wildman–Crippen MR) is 486 cm³/mol. The monoisotopic (exact) mass is 1450 g/mol. The molecule has 2 heterocycles. The molecule has 35 aromatic rings. The number of hydrazine groups is 1. The first kappa shape index (κ1) is 49.9. The number of rotatable bonds is 1. The van der Waals surface area contributed by atoms with E-state index in [2.05, 4.69) is 188 Å². The summed E-state index contributed by atoms with van der Waals surface area (Å²) in [5.74, 6) is -0.493. The van der Waals surface area contributed by atoms with Crippen molar-refractivity contribution < 1.29 is 4.79 Å². The van der Waals surface area contributed by atoms with Gasteiger partial charge < -0.3 is 0 Å². The van der Waals surface area contributed by atoms with Gasteiger partial charge in [0, 0.05) is 17.4 Å². The lowest BCUT2D eigenvalue weighted by atomic mass is 9.36. The second-order valence-electron chi connectivity index (χ2n) is 39.6. The molecule has 1 saturated heterocycles. The van der Waals surface area contributed by atoms with E-state index in [1.165, 1.54) is 410 Å². The van der Waals surface area contributed by atoms with Crippen molar-refractivity contribution in [2.75, 3.05) is 5.01 Å². The van der Waals surface area contributed by atoms with E-state index < -0.39 is 11.0 Å². The Kier molecular flexibility index (Phi) is 5.59. The summed E-state index contributed by atoms with van der Waals surface area (Å²) in [4.78, 5) is 19.0. The van der Waals surface area contributed by atoms with Gasteiger partial charge in [-0.25, -0.2) is 5.01 Å². The molecule has 2 aliphatic heterocycles. The molecule has 43 rings (SSSR count). The second-order valence-corrected chi connectivity index (χ2v) is 39.6. The molecule has 117 heavy (non-hydrogen) atoms. The maximum Gasteiger partial charge on any atom is 0.273 e. The van der Waals surface area contributed by atoms with Crippen LogP contribution in [0.1, 0.15) is 78.3 Å². The number of para-hydroxylation sites is 1. The summed E-state index contributed by atoms with van der Waals surface area (Å²) in [5, 5.41) is 104. The van der Waals surface area contributed by atoms with Crippen LogP contribution < -0.4 is 5.01 Å². The van der Waals surface area contributed by atoms with Crippen molar-refractivity contribution in [1.82, 2.24) is 5.01 Å². The molecule has 35 aromatic carbocycles. The highest BCUT2D eigenvalue weighted by molar-refractivity contribution is 6.75. The number of nitrogens with zero attached hydrogens (tertiary/aromatic N) is 2. The van der Waals surface area contributed by atoms with Crippen LogP contribution in [0, 0.1) is 34.7 Å². The van der Waals surface area contributed by atoms with Crippen molar-refractivity contribution in [2.45, 2.75) is 42.7 Å². The van der Waals surface area contributed by atoms with E-state index in [1.54, 1.807) is 0 Å².